The summed E-state index contributed by atoms with van der Waals surface area (Å²) in [6, 6.07) is 0. The molecule has 0 heterocycles. The van der Waals surface area contributed by atoms with Crippen molar-refractivity contribution in [3.63, 3.8) is 0 Å². The van der Waals surface area contributed by atoms with E-state index in [4.69, 9.17) is 5.11 Å². The normalized spacial score (nSPS) is 11.5. The third-order valence-corrected chi connectivity index (χ3v) is 4.50. The highest BCUT2D eigenvalue weighted by Gasteiger charge is 2.33. The summed E-state index contributed by atoms with van der Waals surface area (Å²) in [5, 5.41) is 12.1. The minimum absolute atomic E-state index is 0.0830. The van der Waals surface area contributed by atoms with Crippen LogP contribution in [0.25, 0.3) is 0 Å². The van der Waals surface area contributed by atoms with Crippen molar-refractivity contribution in [1.82, 2.24) is 5.32 Å². The van der Waals surface area contributed by atoms with Crippen LogP contribution in [-0.2, 0) is 4.79 Å². The van der Waals surface area contributed by atoms with Crippen LogP contribution in [0.4, 0.5) is 0 Å². The van der Waals surface area contributed by atoms with Gasteiger partial charge in [0.25, 0.3) is 0 Å². The van der Waals surface area contributed by atoms with E-state index in [1.165, 1.54) is 6.42 Å². The molecule has 0 aliphatic carbocycles. The number of nitrogens with one attached hydrogen (secondary N) is 1. The zero-order valence-electron chi connectivity index (χ0n) is 11.4. The Bertz CT molecular complexity index is 206. The molecule has 2 N–H and O–H groups in total. The van der Waals surface area contributed by atoms with Gasteiger partial charge in [0.05, 0.1) is 5.41 Å². The molecule has 0 spiro atoms. The number of carbonyl (C=O) groups excluding carboxylic acids is 1. The monoisotopic (exact) mass is 261 g/mol. The van der Waals surface area contributed by atoms with Crippen molar-refractivity contribution in [2.24, 2.45) is 5.41 Å². The second-order valence-electron chi connectivity index (χ2n) is 4.33. The third-order valence-electron chi connectivity index (χ3n) is 3.31. The molecular weight excluding hydrogens is 234 g/mol. The Labute approximate surface area is 110 Å². The molecule has 0 saturated heterocycles. The summed E-state index contributed by atoms with van der Waals surface area (Å²) in [6.45, 7) is 7.01. The lowest BCUT2D eigenvalue weighted by molar-refractivity contribution is -0.132. The molecule has 0 fully saturated rings. The van der Waals surface area contributed by atoms with Gasteiger partial charge in [0.1, 0.15) is 0 Å². The van der Waals surface area contributed by atoms with Gasteiger partial charge in [0.2, 0.25) is 5.91 Å². The van der Waals surface area contributed by atoms with Gasteiger partial charge >= 0.3 is 0 Å². The highest BCUT2D eigenvalue weighted by atomic mass is 32.2. The molecule has 4 heteroatoms. The summed E-state index contributed by atoms with van der Waals surface area (Å²) in [7, 11) is 0. The van der Waals surface area contributed by atoms with E-state index in [0.29, 0.717) is 6.42 Å². The zero-order valence-corrected chi connectivity index (χ0v) is 12.2. The van der Waals surface area contributed by atoms with Crippen LogP contribution in [0.5, 0.6) is 0 Å². The molecule has 0 saturated carbocycles. The number of aliphatic hydroxyl groups excluding tert-OH is 1. The molecule has 0 aliphatic heterocycles. The minimum Gasteiger partial charge on any atom is -0.396 e. The van der Waals surface area contributed by atoms with Crippen molar-refractivity contribution in [3.8, 4) is 0 Å². The fraction of sp³-hybridized carbons (Fsp3) is 0.923. The fourth-order valence-electron chi connectivity index (χ4n) is 1.92. The largest absolute Gasteiger partial charge is 0.396 e. The number of carbonyl (C=O) groups is 1. The molecule has 0 aliphatic rings. The van der Waals surface area contributed by atoms with Crippen LogP contribution >= 0.6 is 11.8 Å². The van der Waals surface area contributed by atoms with E-state index in [1.54, 1.807) is 0 Å². The first-order valence-corrected chi connectivity index (χ1v) is 7.79. The average Bonchev–Trinajstić information content (AvgIpc) is 2.35. The lowest BCUT2D eigenvalue weighted by Crippen LogP contribution is -2.41. The molecule has 1 amide bonds. The number of rotatable bonds is 10. The number of thioether (sulfide) groups is 1. The third kappa shape index (κ3) is 5.77. The van der Waals surface area contributed by atoms with Gasteiger partial charge in [-0.25, -0.2) is 0 Å². The second kappa shape index (κ2) is 9.77. The summed E-state index contributed by atoms with van der Waals surface area (Å²) in [6.07, 6.45) is 3.32. The van der Waals surface area contributed by atoms with E-state index < -0.39 is 0 Å². The predicted molar refractivity (Wildman–Crippen MR) is 75.3 cm³/mol. The first-order valence-electron chi connectivity index (χ1n) is 6.63. The topological polar surface area (TPSA) is 49.3 Å². The van der Waals surface area contributed by atoms with Crippen molar-refractivity contribution in [3.05, 3.63) is 0 Å². The summed E-state index contributed by atoms with van der Waals surface area (Å²) in [4.78, 5) is 12.1. The van der Waals surface area contributed by atoms with Crippen molar-refractivity contribution < 1.29 is 9.90 Å². The van der Waals surface area contributed by atoms with E-state index in [0.717, 1.165) is 30.9 Å². The first kappa shape index (κ1) is 16.8. The SMILES string of the molecule is CCCSCCNC(=O)C(CC)(CC)CCO. The standard InChI is InChI=1S/C13H27NO2S/c1-4-10-17-11-8-14-12(16)13(5-2,6-3)7-9-15/h15H,4-11H2,1-3H3,(H,14,16). The van der Waals surface area contributed by atoms with Gasteiger partial charge in [-0.2, -0.15) is 11.8 Å². The number of hydrogen-bond acceptors (Lipinski definition) is 3. The lowest BCUT2D eigenvalue weighted by atomic mass is 9.78. The Morgan fingerprint density at radius 1 is 1.24 bits per heavy atom. The van der Waals surface area contributed by atoms with Crippen molar-refractivity contribution >= 4 is 17.7 Å². The molecule has 102 valence electrons. The van der Waals surface area contributed by atoms with Crippen molar-refractivity contribution in [2.75, 3.05) is 24.7 Å². The molecule has 0 rings (SSSR count). The van der Waals surface area contributed by atoms with Gasteiger partial charge in [0, 0.05) is 18.9 Å². The highest BCUT2D eigenvalue weighted by Crippen LogP contribution is 2.30. The second-order valence-corrected chi connectivity index (χ2v) is 5.55. The van der Waals surface area contributed by atoms with Crippen LogP contribution in [0.1, 0.15) is 46.5 Å². The van der Waals surface area contributed by atoms with Gasteiger partial charge in [-0.05, 0) is 31.4 Å². The smallest absolute Gasteiger partial charge is 0.226 e. The summed E-state index contributed by atoms with van der Waals surface area (Å²) < 4.78 is 0. The first-order chi connectivity index (χ1) is 8.16. The lowest BCUT2D eigenvalue weighted by Gasteiger charge is -2.29. The molecule has 0 aromatic carbocycles. The van der Waals surface area contributed by atoms with E-state index >= 15 is 0 Å². The molecule has 0 bridgehead atoms. The maximum absolute atomic E-state index is 12.1. The van der Waals surface area contributed by atoms with Crippen LogP contribution in [0.3, 0.4) is 0 Å². The predicted octanol–water partition coefficient (Wildman–Crippen LogP) is 2.43. The Hall–Kier alpha value is -0.220. The van der Waals surface area contributed by atoms with Gasteiger partial charge in [-0.3, -0.25) is 4.79 Å². The van der Waals surface area contributed by atoms with Crippen LogP contribution in [0.2, 0.25) is 0 Å². The van der Waals surface area contributed by atoms with Gasteiger partial charge in [0.15, 0.2) is 0 Å². The highest BCUT2D eigenvalue weighted by molar-refractivity contribution is 7.99. The number of hydrogen-bond donors (Lipinski definition) is 2. The molecule has 3 nitrogen and oxygen atoms in total. The van der Waals surface area contributed by atoms with Crippen LogP contribution in [0.15, 0.2) is 0 Å². The minimum atomic E-state index is -0.371. The molecule has 0 unspecified atom stereocenters. The molecule has 0 aromatic heterocycles. The molecule has 17 heavy (non-hydrogen) atoms. The number of amides is 1. The molecule has 0 radical (unpaired) electrons. The summed E-state index contributed by atoms with van der Waals surface area (Å²) >= 11 is 1.87. The zero-order chi connectivity index (χ0) is 13.1. The van der Waals surface area contributed by atoms with Gasteiger partial charge in [-0.1, -0.05) is 20.8 Å². The van der Waals surface area contributed by atoms with Crippen LogP contribution in [0, 0.1) is 5.41 Å². The Morgan fingerprint density at radius 3 is 2.35 bits per heavy atom. The molecule has 0 atom stereocenters. The molecule has 0 aromatic rings. The van der Waals surface area contributed by atoms with Crippen LogP contribution < -0.4 is 5.32 Å². The quantitative estimate of drug-likeness (QED) is 0.594. The van der Waals surface area contributed by atoms with Crippen molar-refractivity contribution in [2.45, 2.75) is 46.5 Å². The maximum Gasteiger partial charge on any atom is 0.226 e. The average molecular weight is 261 g/mol. The van der Waals surface area contributed by atoms with Crippen molar-refractivity contribution in [1.29, 1.82) is 0 Å². The summed E-state index contributed by atoms with van der Waals surface area (Å²) in [5.41, 5.74) is -0.371. The van der Waals surface area contributed by atoms with Crippen LogP contribution in [-0.4, -0.2) is 35.7 Å². The number of aliphatic hydroxyl groups is 1. The van der Waals surface area contributed by atoms with E-state index in [1.807, 2.05) is 25.6 Å². The summed E-state index contributed by atoms with van der Waals surface area (Å²) in [5.74, 6) is 2.23. The Kier molecular flexibility index (Phi) is 9.65. The van der Waals surface area contributed by atoms with Gasteiger partial charge in [-0.15, -0.1) is 0 Å². The van der Waals surface area contributed by atoms with E-state index in [-0.39, 0.29) is 17.9 Å². The Morgan fingerprint density at radius 2 is 1.88 bits per heavy atom. The Balaban J connectivity index is 4.06. The van der Waals surface area contributed by atoms with E-state index in [2.05, 4.69) is 12.2 Å². The fourth-order valence-corrected chi connectivity index (χ4v) is 2.66. The maximum atomic E-state index is 12.1. The van der Waals surface area contributed by atoms with Gasteiger partial charge < -0.3 is 10.4 Å². The molecular formula is C13H27NO2S. The van der Waals surface area contributed by atoms with E-state index in [9.17, 15) is 4.79 Å².